The first-order chi connectivity index (χ1) is 18.0. The quantitative estimate of drug-likeness (QED) is 0.218. The number of benzene rings is 1. The molecular weight excluding hydrogens is 484 g/mol. The van der Waals surface area contributed by atoms with Gasteiger partial charge in [0.15, 0.2) is 5.78 Å². The average Bonchev–Trinajstić information content (AvgIpc) is 2.83. The van der Waals surface area contributed by atoms with Gasteiger partial charge in [0, 0.05) is 26.6 Å². The molecule has 0 aliphatic heterocycles. The maximum atomic E-state index is 12.8. The number of hydrogen-bond acceptors (Lipinski definition) is 7. The zero-order valence-electron chi connectivity index (χ0n) is 24.1. The molecule has 9 heteroatoms. The number of unbranched alkanes of at least 4 members (excludes halogenated alkanes) is 1. The molecule has 0 radical (unpaired) electrons. The maximum absolute atomic E-state index is 12.8. The lowest BCUT2D eigenvalue weighted by atomic mass is 9.85. The fourth-order valence-electron chi connectivity index (χ4n) is 4.69. The van der Waals surface area contributed by atoms with Crippen molar-refractivity contribution in [1.82, 2.24) is 15.1 Å². The van der Waals surface area contributed by atoms with Crippen LogP contribution < -0.4 is 15.8 Å². The number of hydrogen-bond donors (Lipinski definition) is 2. The predicted molar refractivity (Wildman–Crippen MR) is 150 cm³/mol. The Morgan fingerprint density at radius 2 is 1.79 bits per heavy atom. The van der Waals surface area contributed by atoms with Crippen LogP contribution in [0.25, 0.3) is 0 Å². The molecule has 214 valence electrons. The second-order valence-electron chi connectivity index (χ2n) is 10.5. The van der Waals surface area contributed by atoms with Crippen molar-refractivity contribution in [3.63, 3.8) is 0 Å². The summed E-state index contributed by atoms with van der Waals surface area (Å²) in [5.41, 5.74) is 6.69. The van der Waals surface area contributed by atoms with Crippen molar-refractivity contribution in [2.75, 3.05) is 40.8 Å². The van der Waals surface area contributed by atoms with Crippen LogP contribution in [-0.2, 0) is 14.4 Å². The van der Waals surface area contributed by atoms with E-state index in [1.807, 2.05) is 12.1 Å². The Labute approximate surface area is 228 Å². The number of ether oxygens (including phenoxy) is 1. The normalized spacial score (nSPS) is 13.5. The monoisotopic (exact) mass is 532 g/mol. The van der Waals surface area contributed by atoms with Crippen LogP contribution in [0.15, 0.2) is 24.3 Å². The van der Waals surface area contributed by atoms with Gasteiger partial charge in [-0.05, 0) is 89.2 Å². The van der Waals surface area contributed by atoms with Gasteiger partial charge in [-0.25, -0.2) is 4.79 Å². The maximum Gasteiger partial charge on any atom is 0.414 e. The topological polar surface area (TPSA) is 122 Å². The van der Waals surface area contributed by atoms with Gasteiger partial charge in [-0.3, -0.25) is 14.4 Å². The summed E-state index contributed by atoms with van der Waals surface area (Å²) >= 11 is 0. The number of nitrogens with zero attached hydrogens (tertiary/aromatic N) is 2. The summed E-state index contributed by atoms with van der Waals surface area (Å²) in [4.78, 5) is 52.4. The van der Waals surface area contributed by atoms with E-state index in [1.54, 1.807) is 13.1 Å². The number of rotatable bonds is 18. The summed E-state index contributed by atoms with van der Waals surface area (Å²) in [6.45, 7) is 7.55. The van der Waals surface area contributed by atoms with Crippen LogP contribution in [0, 0.1) is 5.92 Å². The van der Waals surface area contributed by atoms with Crippen LogP contribution in [-0.4, -0.2) is 80.2 Å². The van der Waals surface area contributed by atoms with Gasteiger partial charge in [0.1, 0.15) is 11.5 Å². The SMILES string of the molecule is CC[C@@H](c1cccc(OC(=O)N(C)CCCC(=O)[C@H](CCCCN)NC(=O)CC(C)=O)c1)[C@@H](C)CN(C)C. The summed E-state index contributed by atoms with van der Waals surface area (Å²) in [6.07, 6.45) is 2.80. The molecule has 1 aromatic carbocycles. The van der Waals surface area contributed by atoms with E-state index in [4.69, 9.17) is 10.5 Å². The molecule has 2 amide bonds. The van der Waals surface area contributed by atoms with Crippen molar-refractivity contribution in [3.8, 4) is 5.75 Å². The Morgan fingerprint density at radius 3 is 2.39 bits per heavy atom. The number of nitrogens with two attached hydrogens (primary N) is 1. The fraction of sp³-hybridized carbons (Fsp3) is 0.655. The summed E-state index contributed by atoms with van der Waals surface area (Å²) in [6, 6.07) is 7.04. The Hall–Kier alpha value is -2.78. The molecule has 9 nitrogen and oxygen atoms in total. The number of nitrogens with one attached hydrogen (secondary N) is 1. The number of ketones is 2. The molecule has 38 heavy (non-hydrogen) atoms. The molecule has 1 aromatic rings. The molecule has 0 bridgehead atoms. The van der Waals surface area contributed by atoms with E-state index < -0.39 is 18.0 Å². The van der Waals surface area contributed by atoms with Gasteiger partial charge in [-0.15, -0.1) is 0 Å². The molecule has 0 saturated heterocycles. The van der Waals surface area contributed by atoms with Gasteiger partial charge in [0.25, 0.3) is 0 Å². The van der Waals surface area contributed by atoms with Gasteiger partial charge in [0.05, 0.1) is 12.5 Å². The van der Waals surface area contributed by atoms with E-state index in [0.717, 1.165) is 24.9 Å². The molecule has 0 unspecified atom stereocenters. The molecule has 3 N–H and O–H groups in total. The molecule has 0 aliphatic rings. The van der Waals surface area contributed by atoms with E-state index in [-0.39, 0.29) is 24.4 Å². The van der Waals surface area contributed by atoms with E-state index >= 15 is 0 Å². The van der Waals surface area contributed by atoms with Crippen molar-refractivity contribution in [2.45, 2.75) is 77.7 Å². The van der Waals surface area contributed by atoms with Crippen LogP contribution in [0.1, 0.15) is 77.2 Å². The Bertz CT molecular complexity index is 905. The lowest BCUT2D eigenvalue weighted by Crippen LogP contribution is -2.41. The summed E-state index contributed by atoms with van der Waals surface area (Å²) in [5.74, 6) is 0.480. The molecule has 3 atom stereocenters. The minimum Gasteiger partial charge on any atom is -0.410 e. The molecule has 0 aromatic heterocycles. The molecule has 0 aliphatic carbocycles. The standard InChI is InChI=1S/C29H48N4O5/c1-7-25(21(2)20-32(4)5)23-12-10-13-24(19-23)38-29(37)33(6)17-11-15-27(35)26(14-8-9-16-30)31-28(36)18-22(3)34/h10,12-13,19,21,25-26H,7-9,11,14-18,20,30H2,1-6H3,(H,31,36)/t21-,25+,26-/m0/s1. The Kier molecular flexibility index (Phi) is 15.5. The minimum absolute atomic E-state index is 0.120. The van der Waals surface area contributed by atoms with Gasteiger partial charge < -0.3 is 25.6 Å². The summed E-state index contributed by atoms with van der Waals surface area (Å²) < 4.78 is 5.62. The third-order valence-corrected chi connectivity index (χ3v) is 6.58. The molecule has 0 fully saturated rings. The second-order valence-corrected chi connectivity index (χ2v) is 10.5. The van der Waals surface area contributed by atoms with Gasteiger partial charge >= 0.3 is 6.09 Å². The van der Waals surface area contributed by atoms with Crippen LogP contribution in [0.2, 0.25) is 0 Å². The molecule has 0 spiro atoms. The molecule has 1 rings (SSSR count). The Morgan fingerprint density at radius 1 is 1.08 bits per heavy atom. The first kappa shape index (κ1) is 33.2. The summed E-state index contributed by atoms with van der Waals surface area (Å²) in [5, 5.41) is 2.68. The highest BCUT2D eigenvalue weighted by molar-refractivity contribution is 5.98. The highest BCUT2D eigenvalue weighted by Gasteiger charge is 2.22. The number of carbonyl (C=O) groups excluding carboxylic acids is 4. The zero-order valence-corrected chi connectivity index (χ0v) is 24.1. The van der Waals surface area contributed by atoms with Crippen LogP contribution >= 0.6 is 0 Å². The predicted octanol–water partition coefficient (Wildman–Crippen LogP) is 3.75. The lowest BCUT2D eigenvalue weighted by Gasteiger charge is -2.26. The van der Waals surface area contributed by atoms with E-state index in [1.165, 1.54) is 11.8 Å². The highest BCUT2D eigenvalue weighted by atomic mass is 16.6. The number of carbonyl (C=O) groups is 4. The van der Waals surface area contributed by atoms with Crippen LogP contribution in [0.5, 0.6) is 5.75 Å². The van der Waals surface area contributed by atoms with Crippen molar-refractivity contribution in [3.05, 3.63) is 29.8 Å². The van der Waals surface area contributed by atoms with E-state index in [2.05, 4.69) is 44.2 Å². The molecule has 0 saturated carbocycles. The van der Waals surface area contributed by atoms with Crippen molar-refractivity contribution < 1.29 is 23.9 Å². The zero-order chi connectivity index (χ0) is 28.7. The second kappa shape index (κ2) is 17.7. The smallest absolute Gasteiger partial charge is 0.410 e. The van der Waals surface area contributed by atoms with Crippen molar-refractivity contribution in [1.29, 1.82) is 0 Å². The lowest BCUT2D eigenvalue weighted by molar-refractivity contribution is -0.131. The third kappa shape index (κ3) is 12.6. The van der Waals surface area contributed by atoms with Crippen molar-refractivity contribution in [2.24, 2.45) is 11.7 Å². The number of Topliss-reactive ketones (excluding diaryl/α,β-unsaturated/α-hetero) is 2. The van der Waals surface area contributed by atoms with Crippen LogP contribution in [0.4, 0.5) is 4.79 Å². The number of amides is 2. The molecule has 0 heterocycles. The average molecular weight is 533 g/mol. The third-order valence-electron chi connectivity index (χ3n) is 6.58. The van der Waals surface area contributed by atoms with Crippen LogP contribution in [0.3, 0.4) is 0 Å². The van der Waals surface area contributed by atoms with Crippen molar-refractivity contribution >= 4 is 23.6 Å². The molecular formula is C29H48N4O5. The van der Waals surface area contributed by atoms with Gasteiger partial charge in [0.2, 0.25) is 5.91 Å². The first-order valence-electron chi connectivity index (χ1n) is 13.7. The fourth-order valence-corrected chi connectivity index (χ4v) is 4.69. The minimum atomic E-state index is -0.658. The van der Waals surface area contributed by atoms with Gasteiger partial charge in [-0.1, -0.05) is 26.0 Å². The van der Waals surface area contributed by atoms with Gasteiger partial charge in [-0.2, -0.15) is 0 Å². The first-order valence-corrected chi connectivity index (χ1v) is 13.7. The Balaban J connectivity index is 2.66. The highest BCUT2D eigenvalue weighted by Crippen LogP contribution is 2.30. The largest absolute Gasteiger partial charge is 0.414 e. The summed E-state index contributed by atoms with van der Waals surface area (Å²) in [7, 11) is 5.77. The van der Waals surface area contributed by atoms with E-state index in [9.17, 15) is 19.2 Å². The van der Waals surface area contributed by atoms with E-state index in [0.29, 0.717) is 49.9 Å².